The molecule has 0 bridgehead atoms. The molecular formula is C19H15FN4O2. The van der Waals surface area contributed by atoms with Crippen molar-refractivity contribution in [1.29, 1.82) is 0 Å². The van der Waals surface area contributed by atoms with Crippen LogP contribution in [0.5, 0.6) is 5.75 Å². The fourth-order valence-corrected chi connectivity index (χ4v) is 2.79. The van der Waals surface area contributed by atoms with E-state index in [-0.39, 0.29) is 5.89 Å². The first-order valence-electron chi connectivity index (χ1n) is 8.10. The third-order valence-corrected chi connectivity index (χ3v) is 3.99. The summed E-state index contributed by atoms with van der Waals surface area (Å²) in [6.07, 6.45) is 6.49. The lowest BCUT2D eigenvalue weighted by molar-refractivity contribution is 0.202. The zero-order valence-corrected chi connectivity index (χ0v) is 13.8. The van der Waals surface area contributed by atoms with Gasteiger partial charge in [-0.05, 0) is 30.2 Å². The molecule has 130 valence electrons. The summed E-state index contributed by atoms with van der Waals surface area (Å²) in [5, 5.41) is 8.70. The van der Waals surface area contributed by atoms with Crippen molar-refractivity contribution in [3.05, 3.63) is 77.0 Å². The third kappa shape index (κ3) is 3.11. The average molecular weight is 350 g/mol. The summed E-state index contributed by atoms with van der Waals surface area (Å²) in [6.45, 7) is 4.34. The largest absolute Gasteiger partial charge is 0.474 e. The second kappa shape index (κ2) is 6.87. The Balaban J connectivity index is 1.77. The molecule has 0 radical (unpaired) electrons. The number of benzene rings is 1. The maximum atomic E-state index is 14.4. The van der Waals surface area contributed by atoms with Crippen LogP contribution >= 0.6 is 0 Å². The van der Waals surface area contributed by atoms with Crippen LogP contribution in [0, 0.1) is 5.82 Å². The highest BCUT2D eigenvalue weighted by molar-refractivity contribution is 5.47. The van der Waals surface area contributed by atoms with Gasteiger partial charge in [0.15, 0.2) is 5.82 Å². The zero-order chi connectivity index (χ0) is 17.9. The average Bonchev–Trinajstić information content (AvgIpc) is 3.21. The standard InChI is InChI=1S/C19H15FN4O2/c1-2-12-5-7-21-16(8-12)18(19-24-23-11-25-19)26-14-9-13-4-3-6-22-17(13)15(20)10-14/h2,4-5,7-11,18H,1,3,6H2. The highest BCUT2D eigenvalue weighted by Crippen LogP contribution is 2.26. The second-order valence-electron chi connectivity index (χ2n) is 5.71. The van der Waals surface area contributed by atoms with E-state index in [1.165, 1.54) is 12.5 Å². The van der Waals surface area contributed by atoms with Crippen molar-refractivity contribution in [1.82, 2.24) is 15.2 Å². The van der Waals surface area contributed by atoms with E-state index < -0.39 is 11.9 Å². The maximum absolute atomic E-state index is 14.4. The number of hydrogen-bond acceptors (Lipinski definition) is 6. The molecule has 0 fully saturated rings. The Bertz CT molecular complexity index is 1060. The summed E-state index contributed by atoms with van der Waals surface area (Å²) in [7, 11) is 0. The number of aromatic nitrogens is 3. The van der Waals surface area contributed by atoms with Gasteiger partial charge in [0.25, 0.3) is 5.89 Å². The molecule has 0 saturated heterocycles. The molecule has 2 aromatic heterocycles. The lowest BCUT2D eigenvalue weighted by Crippen LogP contribution is -2.31. The molecular weight excluding hydrogens is 335 g/mol. The Morgan fingerprint density at radius 2 is 2.23 bits per heavy atom. The van der Waals surface area contributed by atoms with Crippen LogP contribution in [0.25, 0.3) is 12.2 Å². The van der Waals surface area contributed by atoms with E-state index in [0.29, 0.717) is 28.6 Å². The minimum absolute atomic E-state index is 0.227. The smallest absolute Gasteiger partial charge is 0.263 e. The molecule has 4 rings (SSSR count). The van der Waals surface area contributed by atoms with Crippen LogP contribution in [0.1, 0.15) is 29.7 Å². The Morgan fingerprint density at radius 1 is 1.31 bits per heavy atom. The lowest BCUT2D eigenvalue weighted by atomic mass is 10.1. The van der Waals surface area contributed by atoms with Gasteiger partial charge in [0.1, 0.15) is 11.1 Å². The summed E-state index contributed by atoms with van der Waals surface area (Å²) in [6, 6.07) is 6.68. The van der Waals surface area contributed by atoms with E-state index in [0.717, 1.165) is 12.0 Å². The number of hydrogen-bond donors (Lipinski definition) is 0. The lowest BCUT2D eigenvalue weighted by Gasteiger charge is -2.16. The van der Waals surface area contributed by atoms with Crippen LogP contribution in [0.4, 0.5) is 4.39 Å². The fraction of sp³-hybridized carbons (Fsp3) is 0.158. The Labute approximate surface area is 148 Å². The van der Waals surface area contributed by atoms with E-state index >= 15 is 0 Å². The highest BCUT2D eigenvalue weighted by Gasteiger charge is 2.24. The number of rotatable bonds is 5. The first kappa shape index (κ1) is 16.1. The van der Waals surface area contributed by atoms with E-state index in [4.69, 9.17) is 9.15 Å². The quantitative estimate of drug-likeness (QED) is 0.705. The Morgan fingerprint density at radius 3 is 3.04 bits per heavy atom. The zero-order valence-electron chi connectivity index (χ0n) is 13.8. The number of halogens is 1. The van der Waals surface area contributed by atoms with E-state index in [1.807, 2.05) is 12.1 Å². The summed E-state index contributed by atoms with van der Waals surface area (Å²) >= 11 is 0. The van der Waals surface area contributed by atoms with Crippen molar-refractivity contribution < 1.29 is 13.5 Å². The van der Waals surface area contributed by atoms with Gasteiger partial charge < -0.3 is 9.15 Å². The minimum Gasteiger partial charge on any atom is -0.474 e. The van der Waals surface area contributed by atoms with Crippen molar-refractivity contribution in [3.63, 3.8) is 0 Å². The van der Waals surface area contributed by atoms with E-state index in [9.17, 15) is 4.39 Å². The molecule has 26 heavy (non-hydrogen) atoms. The molecule has 3 heterocycles. The molecule has 6 nitrogen and oxygen atoms in total. The van der Waals surface area contributed by atoms with Crippen molar-refractivity contribution in [2.75, 3.05) is 6.54 Å². The van der Waals surface area contributed by atoms with Gasteiger partial charge in [-0.25, -0.2) is 4.39 Å². The molecule has 1 aliphatic rings. The van der Waals surface area contributed by atoms with Gasteiger partial charge in [-0.2, -0.15) is 0 Å². The van der Waals surface area contributed by atoms with Crippen molar-refractivity contribution >= 4 is 12.2 Å². The molecule has 0 spiro atoms. The molecule has 7 heteroatoms. The molecule has 1 unspecified atom stereocenters. The number of fused-ring (bicyclic) bond motifs is 1. The normalized spacial score (nSPS) is 13.9. The van der Waals surface area contributed by atoms with Gasteiger partial charge in [0.2, 0.25) is 12.5 Å². The molecule has 0 aliphatic carbocycles. The van der Waals surface area contributed by atoms with Crippen LogP contribution in [-0.2, 0) is 0 Å². The van der Waals surface area contributed by atoms with E-state index in [1.54, 1.807) is 24.4 Å². The van der Waals surface area contributed by atoms with Gasteiger partial charge in [0, 0.05) is 24.0 Å². The van der Waals surface area contributed by atoms with Crippen LogP contribution in [0.15, 0.2) is 52.8 Å². The Kier molecular flexibility index (Phi) is 4.27. The van der Waals surface area contributed by atoms with Gasteiger partial charge in [-0.3, -0.25) is 9.98 Å². The topological polar surface area (TPSA) is 73.4 Å². The summed E-state index contributed by atoms with van der Waals surface area (Å²) < 4.78 is 25.7. The van der Waals surface area contributed by atoms with Crippen molar-refractivity contribution in [2.24, 2.45) is 4.99 Å². The molecule has 1 atom stereocenters. The van der Waals surface area contributed by atoms with Crippen LogP contribution in [0.2, 0.25) is 0 Å². The van der Waals surface area contributed by atoms with Gasteiger partial charge in [-0.15, -0.1) is 10.2 Å². The van der Waals surface area contributed by atoms with Gasteiger partial charge in [0.05, 0.1) is 5.69 Å². The first-order valence-corrected chi connectivity index (χ1v) is 8.10. The van der Waals surface area contributed by atoms with Crippen LogP contribution < -0.4 is 15.3 Å². The number of pyridine rings is 1. The molecule has 0 amide bonds. The number of nitrogens with zero attached hydrogens (tertiary/aromatic N) is 4. The van der Waals surface area contributed by atoms with Crippen LogP contribution in [0.3, 0.4) is 0 Å². The summed E-state index contributed by atoms with van der Waals surface area (Å²) in [5.41, 5.74) is 1.42. The minimum atomic E-state index is -0.768. The second-order valence-corrected chi connectivity index (χ2v) is 5.71. The van der Waals surface area contributed by atoms with E-state index in [2.05, 4.69) is 26.8 Å². The molecule has 1 aliphatic heterocycles. The van der Waals surface area contributed by atoms with Crippen molar-refractivity contribution in [3.8, 4) is 5.75 Å². The monoisotopic (exact) mass is 350 g/mol. The summed E-state index contributed by atoms with van der Waals surface area (Å²) in [5.74, 6) is 0.139. The SMILES string of the molecule is C=Cc1ccnc(C(Oc2cc(F)c3c(c2)=CCCN=3)c2nnco2)c1. The fourth-order valence-electron chi connectivity index (χ4n) is 2.79. The van der Waals surface area contributed by atoms with Gasteiger partial charge in [-0.1, -0.05) is 18.7 Å². The van der Waals surface area contributed by atoms with Crippen molar-refractivity contribution in [2.45, 2.75) is 12.5 Å². The predicted molar refractivity (Wildman–Crippen MR) is 92.2 cm³/mol. The van der Waals surface area contributed by atoms with Gasteiger partial charge >= 0.3 is 0 Å². The molecule has 1 aromatic carbocycles. The molecule has 0 saturated carbocycles. The highest BCUT2D eigenvalue weighted by atomic mass is 19.1. The molecule has 0 N–H and O–H groups in total. The third-order valence-electron chi connectivity index (χ3n) is 3.99. The Hall–Kier alpha value is -3.35. The molecule has 3 aromatic rings. The van der Waals surface area contributed by atoms with Crippen LogP contribution in [-0.4, -0.2) is 21.7 Å². The maximum Gasteiger partial charge on any atom is 0.263 e. The number of ether oxygens (including phenoxy) is 1. The first-order chi connectivity index (χ1) is 12.7. The summed E-state index contributed by atoms with van der Waals surface area (Å²) in [4.78, 5) is 8.55. The predicted octanol–water partition coefficient (Wildman–Crippen LogP) is 2.22.